The highest BCUT2D eigenvalue weighted by Crippen LogP contribution is 2.12. The zero-order valence-electron chi connectivity index (χ0n) is 10.5. The van der Waals surface area contributed by atoms with Crippen LogP contribution in [-0.2, 0) is 19.9 Å². The van der Waals surface area contributed by atoms with Gasteiger partial charge in [-0.25, -0.2) is 4.39 Å². The fraction of sp³-hybridized carbons (Fsp3) is 0.286. The van der Waals surface area contributed by atoms with Gasteiger partial charge in [0.2, 0.25) is 0 Å². The molecule has 0 aliphatic carbocycles. The number of aromatic nitrogens is 2. The van der Waals surface area contributed by atoms with Crippen LogP contribution in [0.2, 0.25) is 0 Å². The summed E-state index contributed by atoms with van der Waals surface area (Å²) in [5.74, 6) is -0.695. The molecule has 0 saturated carbocycles. The number of nitrogens with zero attached hydrogens (tertiary/aromatic N) is 2. The van der Waals surface area contributed by atoms with Crippen molar-refractivity contribution in [2.24, 2.45) is 7.05 Å². The molecule has 0 aliphatic heterocycles. The Morgan fingerprint density at radius 3 is 2.72 bits per heavy atom. The maximum Gasteiger partial charge on any atom is 0.171 e. The quantitative estimate of drug-likeness (QED) is 0.777. The van der Waals surface area contributed by atoms with Crippen LogP contribution in [0.4, 0.5) is 4.39 Å². The van der Waals surface area contributed by atoms with E-state index in [2.05, 4.69) is 5.10 Å². The lowest BCUT2D eigenvalue weighted by Gasteiger charge is -2.02. The van der Waals surface area contributed by atoms with Gasteiger partial charge < -0.3 is 0 Å². The van der Waals surface area contributed by atoms with E-state index in [1.807, 2.05) is 13.0 Å². The Morgan fingerprint density at radius 1 is 1.39 bits per heavy atom. The summed E-state index contributed by atoms with van der Waals surface area (Å²) in [7, 11) is 1.79. The molecule has 0 amide bonds. The van der Waals surface area contributed by atoms with E-state index in [0.717, 1.165) is 17.8 Å². The lowest BCUT2D eigenvalue weighted by atomic mass is 10.1. The molecule has 0 N–H and O–H groups in total. The number of ketones is 1. The maximum absolute atomic E-state index is 13.5. The first-order valence-electron chi connectivity index (χ1n) is 5.91. The fourth-order valence-corrected chi connectivity index (χ4v) is 1.86. The van der Waals surface area contributed by atoms with Crippen molar-refractivity contribution in [3.63, 3.8) is 0 Å². The van der Waals surface area contributed by atoms with Gasteiger partial charge in [0.15, 0.2) is 5.78 Å². The Hall–Kier alpha value is -1.97. The number of carbonyl (C=O) groups is 1. The van der Waals surface area contributed by atoms with Crippen molar-refractivity contribution in [3.8, 4) is 0 Å². The van der Waals surface area contributed by atoms with E-state index in [4.69, 9.17) is 0 Å². The summed E-state index contributed by atoms with van der Waals surface area (Å²) in [4.78, 5) is 12.0. The zero-order chi connectivity index (χ0) is 13.1. The van der Waals surface area contributed by atoms with Crippen LogP contribution < -0.4 is 0 Å². The topological polar surface area (TPSA) is 34.9 Å². The standard InChI is InChI=1S/C14H15FN2O/c1-3-10-8-11(17(2)16-10)9-14(18)12-6-4-5-7-13(12)15/h4-8H,3,9H2,1-2H3. The van der Waals surface area contributed by atoms with E-state index in [-0.39, 0.29) is 17.8 Å². The summed E-state index contributed by atoms with van der Waals surface area (Å²) in [6.07, 6.45) is 0.992. The van der Waals surface area contributed by atoms with E-state index in [0.29, 0.717) is 0 Å². The Kier molecular flexibility index (Phi) is 3.55. The average Bonchev–Trinajstić information content (AvgIpc) is 2.70. The van der Waals surface area contributed by atoms with Crippen LogP contribution in [0.1, 0.15) is 28.7 Å². The number of halogens is 1. The first kappa shape index (κ1) is 12.5. The molecule has 2 rings (SSSR count). The predicted octanol–water partition coefficient (Wildman–Crippen LogP) is 2.55. The molecule has 0 radical (unpaired) electrons. The number of carbonyl (C=O) groups excluding carboxylic acids is 1. The molecule has 0 unspecified atom stereocenters. The average molecular weight is 246 g/mol. The van der Waals surface area contributed by atoms with Crippen molar-refractivity contribution in [1.29, 1.82) is 0 Å². The molecular weight excluding hydrogens is 231 g/mol. The van der Waals surface area contributed by atoms with Gasteiger partial charge in [0.05, 0.1) is 17.7 Å². The van der Waals surface area contributed by atoms with Gasteiger partial charge in [-0.3, -0.25) is 9.48 Å². The van der Waals surface area contributed by atoms with Gasteiger partial charge in [0.1, 0.15) is 5.82 Å². The zero-order valence-corrected chi connectivity index (χ0v) is 10.5. The summed E-state index contributed by atoms with van der Waals surface area (Å²) in [6.45, 7) is 2.00. The van der Waals surface area contributed by atoms with Crippen molar-refractivity contribution < 1.29 is 9.18 Å². The Bertz CT molecular complexity index is 575. The lowest BCUT2D eigenvalue weighted by molar-refractivity contribution is 0.0987. The summed E-state index contributed by atoms with van der Waals surface area (Å²) >= 11 is 0. The molecule has 1 aromatic carbocycles. The van der Waals surface area contributed by atoms with Crippen molar-refractivity contribution in [2.45, 2.75) is 19.8 Å². The second kappa shape index (κ2) is 5.12. The normalized spacial score (nSPS) is 10.6. The third kappa shape index (κ3) is 2.47. The molecule has 0 bridgehead atoms. The van der Waals surface area contributed by atoms with Gasteiger partial charge >= 0.3 is 0 Å². The highest BCUT2D eigenvalue weighted by molar-refractivity contribution is 5.97. The Morgan fingerprint density at radius 2 is 2.11 bits per heavy atom. The Labute approximate surface area is 105 Å². The highest BCUT2D eigenvalue weighted by Gasteiger charge is 2.14. The van der Waals surface area contributed by atoms with E-state index >= 15 is 0 Å². The van der Waals surface area contributed by atoms with Gasteiger partial charge in [0, 0.05) is 12.7 Å². The molecule has 94 valence electrons. The predicted molar refractivity (Wildman–Crippen MR) is 67.0 cm³/mol. The number of aryl methyl sites for hydroxylation is 2. The number of hydrogen-bond acceptors (Lipinski definition) is 2. The molecule has 0 saturated heterocycles. The van der Waals surface area contributed by atoms with Crippen molar-refractivity contribution in [2.75, 3.05) is 0 Å². The molecule has 3 nitrogen and oxygen atoms in total. The first-order chi connectivity index (χ1) is 8.61. The van der Waals surface area contributed by atoms with E-state index in [9.17, 15) is 9.18 Å². The van der Waals surface area contributed by atoms with Gasteiger partial charge in [-0.1, -0.05) is 19.1 Å². The number of benzene rings is 1. The molecular formula is C14H15FN2O. The van der Waals surface area contributed by atoms with E-state index in [1.54, 1.807) is 23.9 Å². The molecule has 0 aliphatic rings. The van der Waals surface area contributed by atoms with Crippen LogP contribution in [0.15, 0.2) is 30.3 Å². The minimum Gasteiger partial charge on any atom is -0.294 e. The van der Waals surface area contributed by atoms with E-state index < -0.39 is 5.82 Å². The maximum atomic E-state index is 13.5. The molecule has 1 aromatic heterocycles. The highest BCUT2D eigenvalue weighted by atomic mass is 19.1. The van der Waals surface area contributed by atoms with Crippen molar-refractivity contribution in [3.05, 3.63) is 53.1 Å². The van der Waals surface area contributed by atoms with Crippen LogP contribution >= 0.6 is 0 Å². The fourth-order valence-electron chi connectivity index (χ4n) is 1.86. The minimum atomic E-state index is -0.472. The Balaban J connectivity index is 2.21. The summed E-state index contributed by atoms with van der Waals surface area (Å²) in [5, 5.41) is 4.27. The second-order valence-corrected chi connectivity index (χ2v) is 4.18. The minimum absolute atomic E-state index is 0.136. The molecule has 1 heterocycles. The van der Waals surface area contributed by atoms with Gasteiger partial charge in [-0.2, -0.15) is 5.10 Å². The van der Waals surface area contributed by atoms with Crippen LogP contribution in [0.3, 0.4) is 0 Å². The third-order valence-corrected chi connectivity index (χ3v) is 2.91. The van der Waals surface area contributed by atoms with Crippen molar-refractivity contribution >= 4 is 5.78 Å². The van der Waals surface area contributed by atoms with Crippen LogP contribution in [-0.4, -0.2) is 15.6 Å². The third-order valence-electron chi connectivity index (χ3n) is 2.91. The molecule has 4 heteroatoms. The molecule has 2 aromatic rings. The van der Waals surface area contributed by atoms with Crippen LogP contribution in [0.5, 0.6) is 0 Å². The molecule has 0 fully saturated rings. The van der Waals surface area contributed by atoms with Crippen LogP contribution in [0.25, 0.3) is 0 Å². The summed E-state index contributed by atoms with van der Waals surface area (Å²) in [5.41, 5.74) is 1.88. The molecule has 0 spiro atoms. The monoisotopic (exact) mass is 246 g/mol. The first-order valence-corrected chi connectivity index (χ1v) is 5.91. The second-order valence-electron chi connectivity index (χ2n) is 4.18. The van der Waals surface area contributed by atoms with Crippen molar-refractivity contribution in [1.82, 2.24) is 9.78 Å². The van der Waals surface area contributed by atoms with Gasteiger partial charge in [-0.05, 0) is 24.6 Å². The largest absolute Gasteiger partial charge is 0.294 e. The number of Topliss-reactive ketones (excluding diaryl/α,β-unsaturated/α-hetero) is 1. The summed E-state index contributed by atoms with van der Waals surface area (Å²) in [6, 6.07) is 7.93. The summed E-state index contributed by atoms with van der Waals surface area (Å²) < 4.78 is 15.1. The number of hydrogen-bond donors (Lipinski definition) is 0. The molecule has 0 atom stereocenters. The lowest BCUT2D eigenvalue weighted by Crippen LogP contribution is -2.09. The van der Waals surface area contributed by atoms with Gasteiger partial charge in [-0.15, -0.1) is 0 Å². The smallest absolute Gasteiger partial charge is 0.171 e. The van der Waals surface area contributed by atoms with E-state index in [1.165, 1.54) is 12.1 Å². The SMILES string of the molecule is CCc1cc(CC(=O)c2ccccc2F)n(C)n1. The van der Waals surface area contributed by atoms with Gasteiger partial charge in [0.25, 0.3) is 0 Å². The molecule has 18 heavy (non-hydrogen) atoms. The van der Waals surface area contributed by atoms with Crippen LogP contribution in [0, 0.1) is 5.82 Å². The number of rotatable bonds is 4.